The van der Waals surface area contributed by atoms with E-state index < -0.39 is 20.0 Å². The Balaban J connectivity index is 1.64. The van der Waals surface area contributed by atoms with E-state index in [2.05, 4.69) is 4.72 Å². The monoisotopic (exact) mass is 414 g/mol. The first kappa shape index (κ1) is 20.8. The molecule has 0 spiro atoms. The quantitative estimate of drug-likeness (QED) is 0.775. The molecule has 1 aromatic carbocycles. The maximum atomic E-state index is 12.9. The maximum Gasteiger partial charge on any atom is 0.241 e. The molecule has 2 aliphatic rings. The number of piperidine rings is 1. The first-order valence-electron chi connectivity index (χ1n) is 9.60. The molecule has 0 amide bonds. The first-order valence-corrected chi connectivity index (χ1v) is 12.6. The smallest absolute Gasteiger partial charge is 0.212 e. The SMILES string of the molecule is Cc1cc(C)c(C)c(S(=O)(=O)NCC2CCN(S(=O)(=O)C3CC3)CC2)c1C. The molecule has 2 fully saturated rings. The van der Waals surface area contributed by atoms with Crippen molar-refractivity contribution in [2.75, 3.05) is 19.6 Å². The van der Waals surface area contributed by atoms with Gasteiger partial charge in [-0.1, -0.05) is 6.07 Å². The summed E-state index contributed by atoms with van der Waals surface area (Å²) in [5.74, 6) is 0.164. The standard InChI is InChI=1S/C19H30N2O4S2/c1-13-11-14(2)16(4)19(15(13)3)26(22,23)20-12-17-7-9-21(10-8-17)27(24,25)18-5-6-18/h11,17-18,20H,5-10,12H2,1-4H3. The van der Waals surface area contributed by atoms with E-state index in [1.807, 2.05) is 33.8 Å². The molecule has 0 radical (unpaired) electrons. The van der Waals surface area contributed by atoms with E-state index in [0.717, 1.165) is 35.1 Å². The predicted octanol–water partition coefficient (Wildman–Crippen LogP) is 2.40. The van der Waals surface area contributed by atoms with Crippen molar-refractivity contribution in [2.24, 2.45) is 5.92 Å². The van der Waals surface area contributed by atoms with E-state index in [9.17, 15) is 16.8 Å². The van der Waals surface area contributed by atoms with Crippen molar-refractivity contribution in [2.45, 2.75) is 63.5 Å². The molecule has 1 N–H and O–H groups in total. The van der Waals surface area contributed by atoms with Gasteiger partial charge in [0.05, 0.1) is 10.1 Å². The van der Waals surface area contributed by atoms with Crippen LogP contribution >= 0.6 is 0 Å². The zero-order chi connectivity index (χ0) is 20.0. The van der Waals surface area contributed by atoms with Gasteiger partial charge in [-0.25, -0.2) is 25.9 Å². The van der Waals surface area contributed by atoms with Crippen LogP contribution in [0.2, 0.25) is 0 Å². The van der Waals surface area contributed by atoms with Crippen LogP contribution in [0.25, 0.3) is 0 Å². The second-order valence-corrected chi connectivity index (χ2v) is 11.9. The fraction of sp³-hybridized carbons (Fsp3) is 0.684. The fourth-order valence-corrected chi connectivity index (χ4v) is 7.43. The summed E-state index contributed by atoms with van der Waals surface area (Å²) in [6.07, 6.45) is 2.94. The average molecular weight is 415 g/mol. The molecule has 0 aromatic heterocycles. The van der Waals surface area contributed by atoms with Crippen molar-refractivity contribution in [3.8, 4) is 0 Å². The predicted molar refractivity (Wildman–Crippen MR) is 107 cm³/mol. The van der Waals surface area contributed by atoms with Crippen molar-refractivity contribution in [1.82, 2.24) is 9.03 Å². The summed E-state index contributed by atoms with van der Waals surface area (Å²) in [4.78, 5) is 0.383. The summed E-state index contributed by atoms with van der Waals surface area (Å²) < 4.78 is 54.8. The summed E-state index contributed by atoms with van der Waals surface area (Å²) >= 11 is 0. The molecule has 152 valence electrons. The zero-order valence-corrected chi connectivity index (χ0v) is 18.2. The summed E-state index contributed by atoms with van der Waals surface area (Å²) in [7, 11) is -6.72. The molecule has 1 aliphatic carbocycles. The Morgan fingerprint density at radius 2 is 1.44 bits per heavy atom. The van der Waals surface area contributed by atoms with Gasteiger partial charge in [0.25, 0.3) is 0 Å². The van der Waals surface area contributed by atoms with Gasteiger partial charge in [0, 0.05) is 19.6 Å². The Hall–Kier alpha value is -0.960. The van der Waals surface area contributed by atoms with Gasteiger partial charge in [-0.15, -0.1) is 0 Å². The lowest BCUT2D eigenvalue weighted by Crippen LogP contribution is -2.42. The number of sulfonamides is 2. The van der Waals surface area contributed by atoms with Crippen LogP contribution in [0.1, 0.15) is 47.9 Å². The molecule has 1 heterocycles. The lowest BCUT2D eigenvalue weighted by Gasteiger charge is -2.31. The number of aryl methyl sites for hydroxylation is 2. The van der Waals surface area contributed by atoms with Crippen LogP contribution in [0.4, 0.5) is 0 Å². The minimum absolute atomic E-state index is 0.164. The number of benzene rings is 1. The molecule has 1 aliphatic heterocycles. The van der Waals surface area contributed by atoms with Crippen LogP contribution in [0.3, 0.4) is 0 Å². The summed E-state index contributed by atoms with van der Waals surface area (Å²) in [5.41, 5.74) is 3.51. The minimum Gasteiger partial charge on any atom is -0.212 e. The Morgan fingerprint density at radius 3 is 1.93 bits per heavy atom. The van der Waals surface area contributed by atoms with E-state index in [0.29, 0.717) is 37.4 Å². The third-order valence-electron chi connectivity index (χ3n) is 6.01. The van der Waals surface area contributed by atoms with Crippen LogP contribution in [0.15, 0.2) is 11.0 Å². The van der Waals surface area contributed by atoms with Gasteiger partial charge in [-0.2, -0.15) is 0 Å². The van der Waals surface area contributed by atoms with Crippen LogP contribution < -0.4 is 4.72 Å². The van der Waals surface area contributed by atoms with Gasteiger partial charge >= 0.3 is 0 Å². The summed E-state index contributed by atoms with van der Waals surface area (Å²) in [6, 6.07) is 2.01. The zero-order valence-electron chi connectivity index (χ0n) is 16.6. The average Bonchev–Trinajstić information content (AvgIpc) is 3.44. The van der Waals surface area contributed by atoms with E-state index in [4.69, 9.17) is 0 Å². The number of nitrogens with zero attached hydrogens (tertiary/aromatic N) is 1. The molecular formula is C19H30N2O4S2. The van der Waals surface area contributed by atoms with Gasteiger partial charge in [0.1, 0.15) is 0 Å². The Labute approximate surface area is 163 Å². The van der Waals surface area contributed by atoms with Crippen molar-refractivity contribution in [3.05, 3.63) is 28.3 Å². The Bertz CT molecular complexity index is 901. The summed E-state index contributed by atoms with van der Waals surface area (Å²) in [6.45, 7) is 8.88. The Morgan fingerprint density at radius 1 is 0.926 bits per heavy atom. The molecule has 6 nitrogen and oxygen atoms in total. The van der Waals surface area contributed by atoms with E-state index in [-0.39, 0.29) is 11.2 Å². The van der Waals surface area contributed by atoms with Gasteiger partial charge in [-0.05, 0) is 81.5 Å². The van der Waals surface area contributed by atoms with Crippen LogP contribution in [-0.2, 0) is 20.0 Å². The summed E-state index contributed by atoms with van der Waals surface area (Å²) in [5, 5.41) is -0.178. The van der Waals surface area contributed by atoms with Crippen molar-refractivity contribution >= 4 is 20.0 Å². The third-order valence-corrected chi connectivity index (χ3v) is 10.1. The number of hydrogen-bond acceptors (Lipinski definition) is 4. The molecule has 8 heteroatoms. The molecule has 27 heavy (non-hydrogen) atoms. The topological polar surface area (TPSA) is 83.6 Å². The second-order valence-electron chi connectivity index (χ2n) is 8.03. The van der Waals surface area contributed by atoms with E-state index >= 15 is 0 Å². The van der Waals surface area contributed by atoms with Gasteiger partial charge < -0.3 is 0 Å². The molecule has 1 saturated heterocycles. The molecule has 0 unspecified atom stereocenters. The normalized spacial score (nSPS) is 20.1. The third kappa shape index (κ3) is 4.23. The highest BCUT2D eigenvalue weighted by molar-refractivity contribution is 7.90. The molecule has 0 bridgehead atoms. The highest BCUT2D eigenvalue weighted by atomic mass is 32.2. The largest absolute Gasteiger partial charge is 0.241 e. The molecule has 0 atom stereocenters. The molecular weight excluding hydrogens is 384 g/mol. The number of rotatable bonds is 6. The first-order chi connectivity index (χ1) is 12.5. The van der Waals surface area contributed by atoms with Gasteiger partial charge in [0.15, 0.2) is 0 Å². The lowest BCUT2D eigenvalue weighted by atomic mass is 9.99. The Kier molecular flexibility index (Phi) is 5.74. The molecule has 1 aromatic rings. The van der Waals surface area contributed by atoms with Gasteiger partial charge in [0.2, 0.25) is 20.0 Å². The highest BCUT2D eigenvalue weighted by Gasteiger charge is 2.41. The van der Waals surface area contributed by atoms with Gasteiger partial charge in [-0.3, -0.25) is 0 Å². The number of hydrogen-bond donors (Lipinski definition) is 1. The van der Waals surface area contributed by atoms with E-state index in [1.165, 1.54) is 0 Å². The second kappa shape index (κ2) is 7.46. The van der Waals surface area contributed by atoms with Crippen LogP contribution in [0, 0.1) is 33.6 Å². The van der Waals surface area contributed by atoms with Crippen LogP contribution in [0.5, 0.6) is 0 Å². The fourth-order valence-electron chi connectivity index (χ4n) is 3.83. The number of nitrogens with one attached hydrogen (secondary N) is 1. The highest BCUT2D eigenvalue weighted by Crippen LogP contribution is 2.33. The lowest BCUT2D eigenvalue weighted by molar-refractivity contribution is 0.274. The van der Waals surface area contributed by atoms with Crippen molar-refractivity contribution in [1.29, 1.82) is 0 Å². The molecule has 3 rings (SSSR count). The van der Waals surface area contributed by atoms with Crippen LogP contribution in [-0.4, -0.2) is 46.0 Å². The van der Waals surface area contributed by atoms with E-state index in [1.54, 1.807) is 4.31 Å². The maximum absolute atomic E-state index is 12.9. The van der Waals surface area contributed by atoms with Crippen molar-refractivity contribution in [3.63, 3.8) is 0 Å². The molecule has 1 saturated carbocycles. The minimum atomic E-state index is -3.59. The van der Waals surface area contributed by atoms with Crippen molar-refractivity contribution < 1.29 is 16.8 Å².